The van der Waals surface area contributed by atoms with Crippen molar-refractivity contribution in [2.24, 2.45) is 23.7 Å². The maximum absolute atomic E-state index is 12.9. The number of amides is 3. The summed E-state index contributed by atoms with van der Waals surface area (Å²) in [6, 6.07) is 7.14. The summed E-state index contributed by atoms with van der Waals surface area (Å²) in [5, 5.41) is 2.58. The van der Waals surface area contributed by atoms with E-state index in [9.17, 15) is 14.4 Å². The summed E-state index contributed by atoms with van der Waals surface area (Å²) >= 11 is 0. The number of nitrogens with zero attached hydrogens (tertiary/aromatic N) is 1. The second-order valence-corrected chi connectivity index (χ2v) is 6.87. The Morgan fingerprint density at radius 3 is 2.04 bits per heavy atom. The van der Waals surface area contributed by atoms with E-state index in [1.165, 1.54) is 4.90 Å². The summed E-state index contributed by atoms with van der Waals surface area (Å²) in [5.74, 6) is -0.169. The van der Waals surface area contributed by atoms with Gasteiger partial charge >= 0.3 is 0 Å². The van der Waals surface area contributed by atoms with E-state index in [4.69, 9.17) is 0 Å². The van der Waals surface area contributed by atoms with Gasteiger partial charge in [0, 0.05) is 7.05 Å². The Labute approximate surface area is 140 Å². The van der Waals surface area contributed by atoms with E-state index in [2.05, 4.69) is 17.5 Å². The molecular weight excluding hydrogens is 304 g/mol. The van der Waals surface area contributed by atoms with E-state index in [1.54, 1.807) is 31.3 Å². The summed E-state index contributed by atoms with van der Waals surface area (Å²) < 4.78 is 0. The minimum atomic E-state index is -0.188. The summed E-state index contributed by atoms with van der Waals surface area (Å²) in [6.45, 7) is 0. The van der Waals surface area contributed by atoms with Gasteiger partial charge in [-0.25, -0.2) is 0 Å². The molecule has 1 aliphatic heterocycles. The lowest BCUT2D eigenvalue weighted by atomic mass is 9.63. The van der Waals surface area contributed by atoms with Crippen LogP contribution in [0.3, 0.4) is 0 Å². The minimum absolute atomic E-state index is 0.0651. The molecule has 2 fully saturated rings. The Kier molecular flexibility index (Phi) is 3.52. The van der Waals surface area contributed by atoms with Crippen molar-refractivity contribution in [2.45, 2.75) is 19.3 Å². The highest BCUT2D eigenvalue weighted by atomic mass is 16.2. The van der Waals surface area contributed by atoms with Gasteiger partial charge in [-0.15, -0.1) is 0 Å². The van der Waals surface area contributed by atoms with Crippen molar-refractivity contribution < 1.29 is 14.4 Å². The number of fused-ring (bicyclic) bond motifs is 1. The van der Waals surface area contributed by atoms with Gasteiger partial charge in [0.1, 0.15) is 0 Å². The SMILES string of the molecule is CNC(=O)Cc1ccc(N2C(=O)C3C4C=CC(CC4)C3C2=O)cc1. The lowest BCUT2D eigenvalue weighted by Gasteiger charge is -2.38. The Morgan fingerprint density at radius 2 is 1.58 bits per heavy atom. The third kappa shape index (κ3) is 2.19. The quantitative estimate of drug-likeness (QED) is 0.679. The van der Waals surface area contributed by atoms with Crippen molar-refractivity contribution in [1.82, 2.24) is 5.32 Å². The van der Waals surface area contributed by atoms with Crippen molar-refractivity contribution in [1.29, 1.82) is 0 Å². The molecule has 2 bridgehead atoms. The standard InChI is InChI=1S/C19H20N2O3/c1-20-15(22)10-11-2-8-14(9-3-11)21-18(23)16-12-4-5-13(7-6-12)17(16)19(21)24/h2-5,8-9,12-13,16-17H,6-7,10H2,1H3,(H,20,22). The molecule has 4 unspecified atom stereocenters. The fraction of sp³-hybridized carbons (Fsp3) is 0.421. The fourth-order valence-corrected chi connectivity index (χ4v) is 4.37. The Hall–Kier alpha value is -2.43. The highest BCUT2D eigenvalue weighted by Gasteiger charge is 2.56. The maximum atomic E-state index is 12.9. The lowest BCUT2D eigenvalue weighted by molar-refractivity contribution is -0.124. The highest BCUT2D eigenvalue weighted by molar-refractivity contribution is 6.22. The molecule has 0 aromatic heterocycles. The molecule has 5 rings (SSSR count). The number of allylic oxidation sites excluding steroid dienone is 2. The Balaban J connectivity index is 1.60. The van der Waals surface area contributed by atoms with Gasteiger partial charge in [-0.2, -0.15) is 0 Å². The van der Waals surface area contributed by atoms with Crippen LogP contribution < -0.4 is 10.2 Å². The molecule has 1 aromatic rings. The Bertz CT molecular complexity index is 705. The van der Waals surface area contributed by atoms with E-state index >= 15 is 0 Å². The monoisotopic (exact) mass is 324 g/mol. The van der Waals surface area contributed by atoms with Crippen LogP contribution in [0.1, 0.15) is 18.4 Å². The molecule has 1 N–H and O–H groups in total. The van der Waals surface area contributed by atoms with Gasteiger partial charge in [0.25, 0.3) is 0 Å². The smallest absolute Gasteiger partial charge is 0.238 e. The average molecular weight is 324 g/mol. The second kappa shape index (κ2) is 5.58. The molecule has 3 amide bonds. The molecule has 124 valence electrons. The number of carbonyl (C=O) groups is 3. The van der Waals surface area contributed by atoms with Gasteiger partial charge in [0.05, 0.1) is 23.9 Å². The van der Waals surface area contributed by atoms with E-state index < -0.39 is 0 Å². The van der Waals surface area contributed by atoms with Crippen molar-refractivity contribution in [3.63, 3.8) is 0 Å². The molecule has 5 nitrogen and oxygen atoms in total. The topological polar surface area (TPSA) is 66.5 Å². The first-order chi connectivity index (χ1) is 11.6. The average Bonchev–Trinajstić information content (AvgIpc) is 2.90. The van der Waals surface area contributed by atoms with Crippen LogP contribution >= 0.6 is 0 Å². The first kappa shape index (κ1) is 15.1. The fourth-order valence-electron chi connectivity index (χ4n) is 4.37. The number of carbonyl (C=O) groups excluding carboxylic acids is 3. The molecule has 24 heavy (non-hydrogen) atoms. The Morgan fingerprint density at radius 1 is 1.04 bits per heavy atom. The normalized spacial score (nSPS) is 30.6. The third-order valence-electron chi connectivity index (χ3n) is 5.60. The van der Waals surface area contributed by atoms with Gasteiger partial charge in [0.15, 0.2) is 0 Å². The van der Waals surface area contributed by atoms with Gasteiger partial charge < -0.3 is 5.32 Å². The molecule has 1 saturated heterocycles. The van der Waals surface area contributed by atoms with Crippen molar-refractivity contribution >= 4 is 23.4 Å². The zero-order valence-corrected chi connectivity index (χ0v) is 13.6. The van der Waals surface area contributed by atoms with Gasteiger partial charge in [-0.1, -0.05) is 24.3 Å². The lowest BCUT2D eigenvalue weighted by Crippen LogP contribution is -2.38. The van der Waals surface area contributed by atoms with Gasteiger partial charge in [0.2, 0.25) is 17.7 Å². The van der Waals surface area contributed by atoms with Gasteiger partial charge in [-0.3, -0.25) is 19.3 Å². The predicted octanol–water partition coefficient (Wildman–Crippen LogP) is 1.68. The number of anilines is 1. The summed E-state index contributed by atoms with van der Waals surface area (Å²) in [5.41, 5.74) is 1.47. The number of rotatable bonds is 3. The molecule has 5 heteroatoms. The first-order valence-corrected chi connectivity index (χ1v) is 8.46. The van der Waals surface area contributed by atoms with Crippen molar-refractivity contribution in [2.75, 3.05) is 11.9 Å². The van der Waals surface area contributed by atoms with Crippen LogP contribution in [0.2, 0.25) is 0 Å². The number of likely N-dealkylation sites (N-methyl/N-ethyl adjacent to an activating group) is 1. The number of nitrogens with one attached hydrogen (secondary N) is 1. The molecular formula is C19H20N2O3. The minimum Gasteiger partial charge on any atom is -0.359 e. The molecule has 1 saturated carbocycles. The first-order valence-electron chi connectivity index (χ1n) is 8.46. The van der Waals surface area contributed by atoms with Crippen LogP contribution in [0.4, 0.5) is 5.69 Å². The number of hydrogen-bond acceptors (Lipinski definition) is 3. The van der Waals surface area contributed by atoms with Crippen LogP contribution in [-0.4, -0.2) is 24.8 Å². The number of hydrogen-bond donors (Lipinski definition) is 1. The summed E-state index contributed by atoms with van der Waals surface area (Å²) in [7, 11) is 1.60. The maximum Gasteiger partial charge on any atom is 0.238 e. The third-order valence-corrected chi connectivity index (χ3v) is 5.60. The predicted molar refractivity (Wildman–Crippen MR) is 89.0 cm³/mol. The second-order valence-electron chi connectivity index (χ2n) is 6.87. The zero-order chi connectivity index (χ0) is 16.8. The van der Waals surface area contributed by atoms with Crippen molar-refractivity contribution in [3.05, 3.63) is 42.0 Å². The van der Waals surface area contributed by atoms with E-state index in [0.717, 1.165) is 18.4 Å². The van der Waals surface area contributed by atoms with Crippen LogP contribution in [0, 0.1) is 23.7 Å². The number of imide groups is 1. The molecule has 1 heterocycles. The van der Waals surface area contributed by atoms with E-state index in [1.807, 2.05) is 0 Å². The van der Waals surface area contributed by atoms with Crippen LogP contribution in [0.5, 0.6) is 0 Å². The van der Waals surface area contributed by atoms with Crippen LogP contribution in [0.25, 0.3) is 0 Å². The molecule has 4 aliphatic rings. The molecule has 4 atom stereocenters. The van der Waals surface area contributed by atoms with Crippen LogP contribution in [-0.2, 0) is 20.8 Å². The zero-order valence-electron chi connectivity index (χ0n) is 13.6. The summed E-state index contributed by atoms with van der Waals surface area (Å²) in [6.07, 6.45) is 6.53. The molecule has 1 aromatic carbocycles. The summed E-state index contributed by atoms with van der Waals surface area (Å²) in [4.78, 5) is 38.5. The van der Waals surface area contributed by atoms with Crippen molar-refractivity contribution in [3.8, 4) is 0 Å². The molecule has 0 spiro atoms. The van der Waals surface area contributed by atoms with Gasteiger partial charge in [-0.05, 0) is 42.4 Å². The molecule has 3 aliphatic carbocycles. The number of benzene rings is 1. The van der Waals surface area contributed by atoms with E-state index in [0.29, 0.717) is 5.69 Å². The largest absolute Gasteiger partial charge is 0.359 e. The van der Waals surface area contributed by atoms with Crippen LogP contribution in [0.15, 0.2) is 36.4 Å². The highest BCUT2D eigenvalue weighted by Crippen LogP contribution is 2.50. The molecule has 0 radical (unpaired) electrons. The van der Waals surface area contributed by atoms with E-state index in [-0.39, 0.29) is 47.8 Å².